The van der Waals surface area contributed by atoms with Gasteiger partial charge < -0.3 is 10.1 Å². The normalized spacial score (nSPS) is 20.7. The lowest BCUT2D eigenvalue weighted by Crippen LogP contribution is -2.52. The van der Waals surface area contributed by atoms with E-state index in [1.165, 1.54) is 25.0 Å². The molecule has 0 bridgehead atoms. The van der Waals surface area contributed by atoms with Crippen molar-refractivity contribution < 1.29 is 19.1 Å². The van der Waals surface area contributed by atoms with Gasteiger partial charge in [-0.15, -0.1) is 23.2 Å². The number of hydrogen-bond donors (Lipinski definition) is 1. The minimum absolute atomic E-state index is 0.00948. The van der Waals surface area contributed by atoms with E-state index in [9.17, 15) is 14.4 Å². The Bertz CT molecular complexity index is 539. The number of halogens is 2. The lowest BCUT2D eigenvalue weighted by atomic mass is 9.99. The summed E-state index contributed by atoms with van der Waals surface area (Å²) in [6, 6.07) is -1.32. The zero-order valence-electron chi connectivity index (χ0n) is 15.1. The average Bonchev–Trinajstić information content (AvgIpc) is 2.88. The molecule has 0 radical (unpaired) electrons. The van der Waals surface area contributed by atoms with Crippen molar-refractivity contribution in [1.82, 2.24) is 10.2 Å². The Hall–Kier alpha value is -1.27. The van der Waals surface area contributed by atoms with Crippen LogP contribution in [-0.2, 0) is 19.1 Å². The standard InChI is InChI=1S/C17H26Cl2N2O4/c1-10(8-18)5-13(20-12(3)22)17(24)21-14(6-11(2)9-19)15(25-4)7-16(21)23/h7,10-11,13-14H,5-6,8-9H2,1-4H3,(H,20,22). The van der Waals surface area contributed by atoms with Gasteiger partial charge in [-0.25, -0.2) is 0 Å². The molecule has 0 aromatic carbocycles. The van der Waals surface area contributed by atoms with Gasteiger partial charge in [0.05, 0.1) is 13.2 Å². The number of nitrogens with one attached hydrogen (secondary N) is 1. The van der Waals surface area contributed by atoms with Crippen LogP contribution in [-0.4, -0.2) is 53.6 Å². The van der Waals surface area contributed by atoms with Crippen LogP contribution in [0.2, 0.25) is 0 Å². The molecule has 0 aromatic heterocycles. The second-order valence-electron chi connectivity index (χ2n) is 6.56. The fourth-order valence-corrected chi connectivity index (χ4v) is 3.04. The summed E-state index contributed by atoms with van der Waals surface area (Å²) in [5, 5.41) is 2.63. The number of hydrogen-bond acceptors (Lipinski definition) is 4. The highest BCUT2D eigenvalue weighted by atomic mass is 35.5. The molecule has 0 saturated carbocycles. The Labute approximate surface area is 158 Å². The van der Waals surface area contributed by atoms with Gasteiger partial charge in [-0.1, -0.05) is 13.8 Å². The topological polar surface area (TPSA) is 75.7 Å². The first-order chi connectivity index (χ1) is 11.7. The van der Waals surface area contributed by atoms with E-state index in [1.54, 1.807) is 0 Å². The highest BCUT2D eigenvalue weighted by Crippen LogP contribution is 2.28. The van der Waals surface area contributed by atoms with Crippen molar-refractivity contribution in [2.75, 3.05) is 18.9 Å². The number of carbonyl (C=O) groups excluding carboxylic acids is 3. The van der Waals surface area contributed by atoms with Gasteiger partial charge in [0.25, 0.3) is 11.8 Å². The zero-order valence-corrected chi connectivity index (χ0v) is 16.6. The van der Waals surface area contributed by atoms with Crippen LogP contribution < -0.4 is 5.32 Å². The van der Waals surface area contributed by atoms with Crippen molar-refractivity contribution in [3.05, 3.63) is 11.8 Å². The number of methoxy groups -OCH3 is 1. The maximum absolute atomic E-state index is 13.0. The summed E-state index contributed by atoms with van der Waals surface area (Å²) in [7, 11) is 1.46. The lowest BCUT2D eigenvalue weighted by Gasteiger charge is -2.30. The van der Waals surface area contributed by atoms with E-state index in [4.69, 9.17) is 27.9 Å². The average molecular weight is 393 g/mol. The van der Waals surface area contributed by atoms with Crippen molar-refractivity contribution in [2.24, 2.45) is 11.8 Å². The van der Waals surface area contributed by atoms with E-state index in [1.807, 2.05) is 13.8 Å². The van der Waals surface area contributed by atoms with Gasteiger partial charge in [0.15, 0.2) is 0 Å². The van der Waals surface area contributed by atoms with Gasteiger partial charge in [-0.05, 0) is 24.7 Å². The Kier molecular flexibility index (Phi) is 8.73. The van der Waals surface area contributed by atoms with Gasteiger partial charge in [0.2, 0.25) is 5.91 Å². The summed E-state index contributed by atoms with van der Waals surface area (Å²) in [5.74, 6) is 0.0605. The van der Waals surface area contributed by atoms with Crippen LogP contribution >= 0.6 is 23.2 Å². The fourth-order valence-electron chi connectivity index (χ4n) is 2.79. The molecule has 6 nitrogen and oxygen atoms in total. The highest BCUT2D eigenvalue weighted by molar-refractivity contribution is 6.18. The Morgan fingerprint density at radius 1 is 1.28 bits per heavy atom. The van der Waals surface area contributed by atoms with Gasteiger partial charge in [0.1, 0.15) is 11.8 Å². The van der Waals surface area contributed by atoms with Crippen LogP contribution in [0.4, 0.5) is 0 Å². The first-order valence-electron chi connectivity index (χ1n) is 8.26. The molecule has 3 amide bonds. The number of carbonyl (C=O) groups is 3. The maximum Gasteiger partial charge on any atom is 0.257 e. The number of amides is 3. The van der Waals surface area contributed by atoms with Gasteiger partial charge in [-0.2, -0.15) is 0 Å². The summed E-state index contributed by atoms with van der Waals surface area (Å²) in [4.78, 5) is 38.1. The number of imide groups is 1. The smallest absolute Gasteiger partial charge is 0.257 e. The zero-order chi connectivity index (χ0) is 19.1. The van der Waals surface area contributed by atoms with Crippen molar-refractivity contribution in [3.63, 3.8) is 0 Å². The second-order valence-corrected chi connectivity index (χ2v) is 7.17. The van der Waals surface area contributed by atoms with E-state index < -0.39 is 23.9 Å². The molecule has 1 heterocycles. The molecule has 8 heteroatoms. The van der Waals surface area contributed by atoms with E-state index in [0.717, 1.165) is 0 Å². The molecule has 4 atom stereocenters. The van der Waals surface area contributed by atoms with E-state index in [0.29, 0.717) is 30.4 Å². The van der Waals surface area contributed by atoms with E-state index in [2.05, 4.69) is 5.32 Å². The first-order valence-corrected chi connectivity index (χ1v) is 9.33. The number of rotatable bonds is 9. The van der Waals surface area contributed by atoms with Crippen LogP contribution in [0.3, 0.4) is 0 Å². The molecule has 0 saturated heterocycles. The number of ether oxygens (including phenoxy) is 1. The van der Waals surface area contributed by atoms with E-state index >= 15 is 0 Å². The van der Waals surface area contributed by atoms with Crippen molar-refractivity contribution in [2.45, 2.75) is 45.7 Å². The predicted molar refractivity (Wildman–Crippen MR) is 97.3 cm³/mol. The van der Waals surface area contributed by atoms with Gasteiger partial charge >= 0.3 is 0 Å². The summed E-state index contributed by atoms with van der Waals surface area (Å²) >= 11 is 11.7. The van der Waals surface area contributed by atoms with E-state index in [-0.39, 0.29) is 17.7 Å². The maximum atomic E-state index is 13.0. The minimum Gasteiger partial charge on any atom is -0.499 e. The summed E-state index contributed by atoms with van der Waals surface area (Å²) in [6.07, 6.45) is 2.17. The second kappa shape index (κ2) is 10.0. The largest absolute Gasteiger partial charge is 0.499 e. The molecule has 1 aliphatic heterocycles. The van der Waals surface area contributed by atoms with Crippen LogP contribution in [0.1, 0.15) is 33.6 Å². The van der Waals surface area contributed by atoms with Crippen molar-refractivity contribution >= 4 is 40.9 Å². The minimum atomic E-state index is -0.811. The van der Waals surface area contributed by atoms with Crippen LogP contribution in [0, 0.1) is 11.8 Å². The molecule has 4 unspecified atom stereocenters. The molecular formula is C17H26Cl2N2O4. The summed E-state index contributed by atoms with van der Waals surface area (Å²) < 4.78 is 5.28. The molecular weight excluding hydrogens is 367 g/mol. The third-order valence-electron chi connectivity index (χ3n) is 4.08. The predicted octanol–water partition coefficient (Wildman–Crippen LogP) is 2.29. The SMILES string of the molecule is COC1=CC(=O)N(C(=O)C(CC(C)CCl)NC(C)=O)C1CC(C)CCl. The first kappa shape index (κ1) is 21.8. The Morgan fingerprint density at radius 2 is 1.88 bits per heavy atom. The molecule has 0 aliphatic carbocycles. The lowest BCUT2D eigenvalue weighted by molar-refractivity contribution is -0.146. The summed E-state index contributed by atoms with van der Waals surface area (Å²) in [6.45, 7) is 5.16. The molecule has 0 aromatic rings. The fraction of sp³-hybridized carbons (Fsp3) is 0.706. The molecule has 0 spiro atoms. The quantitative estimate of drug-likeness (QED) is 0.610. The van der Waals surface area contributed by atoms with Crippen LogP contribution in [0.25, 0.3) is 0 Å². The molecule has 0 fully saturated rings. The molecule has 25 heavy (non-hydrogen) atoms. The molecule has 142 valence electrons. The summed E-state index contributed by atoms with van der Waals surface area (Å²) in [5.41, 5.74) is 0. The number of alkyl halides is 2. The molecule has 1 N–H and O–H groups in total. The van der Waals surface area contributed by atoms with Gasteiger partial charge in [0, 0.05) is 24.8 Å². The van der Waals surface area contributed by atoms with Crippen molar-refractivity contribution in [3.8, 4) is 0 Å². The Morgan fingerprint density at radius 3 is 2.36 bits per heavy atom. The number of nitrogens with zero attached hydrogens (tertiary/aromatic N) is 1. The van der Waals surface area contributed by atoms with Crippen LogP contribution in [0.5, 0.6) is 0 Å². The highest BCUT2D eigenvalue weighted by Gasteiger charge is 2.41. The Balaban J connectivity index is 3.06. The molecule has 1 aliphatic rings. The van der Waals surface area contributed by atoms with Crippen LogP contribution in [0.15, 0.2) is 11.8 Å². The third kappa shape index (κ3) is 5.89. The van der Waals surface area contributed by atoms with Crippen molar-refractivity contribution in [1.29, 1.82) is 0 Å². The third-order valence-corrected chi connectivity index (χ3v) is 5.14. The monoisotopic (exact) mass is 392 g/mol. The van der Waals surface area contributed by atoms with Gasteiger partial charge in [-0.3, -0.25) is 19.3 Å². The molecule has 1 rings (SSSR count).